The van der Waals surface area contributed by atoms with Gasteiger partial charge in [0.05, 0.1) is 30.5 Å². The number of hydrogen-bond donors (Lipinski definition) is 1. The van der Waals surface area contributed by atoms with E-state index in [0.29, 0.717) is 18.8 Å². The molecule has 1 saturated heterocycles. The maximum absolute atomic E-state index is 13.8. The summed E-state index contributed by atoms with van der Waals surface area (Å²) in [4.78, 5) is 14.0. The Morgan fingerprint density at radius 1 is 1.38 bits per heavy atom. The average molecular weight is 293 g/mol. The number of H-pyrrole nitrogens is 1. The molecule has 1 amide bonds. The zero-order valence-corrected chi connectivity index (χ0v) is 11.1. The van der Waals surface area contributed by atoms with Gasteiger partial charge in [-0.1, -0.05) is 0 Å². The number of amides is 1. The third-order valence-electron chi connectivity index (χ3n) is 3.43. The van der Waals surface area contributed by atoms with Gasteiger partial charge < -0.3 is 9.64 Å². The minimum atomic E-state index is -0.740. The van der Waals surface area contributed by atoms with Crippen LogP contribution in [0.1, 0.15) is 22.1 Å². The molecule has 1 fully saturated rings. The highest BCUT2D eigenvalue weighted by molar-refractivity contribution is 5.94. The van der Waals surface area contributed by atoms with E-state index in [-0.39, 0.29) is 12.2 Å². The molecule has 7 heteroatoms. The van der Waals surface area contributed by atoms with Gasteiger partial charge in [-0.3, -0.25) is 9.89 Å². The molecule has 0 bridgehead atoms. The molecule has 21 heavy (non-hydrogen) atoms. The number of aromatic nitrogens is 2. The van der Waals surface area contributed by atoms with Crippen molar-refractivity contribution in [1.29, 1.82) is 0 Å². The molecule has 1 aliphatic rings. The Balaban J connectivity index is 1.93. The van der Waals surface area contributed by atoms with E-state index in [1.54, 1.807) is 12.3 Å². The van der Waals surface area contributed by atoms with Crippen LogP contribution >= 0.6 is 0 Å². The molecule has 1 aromatic heterocycles. The molecular weight excluding hydrogens is 280 g/mol. The quantitative estimate of drug-likeness (QED) is 0.920. The third kappa shape index (κ3) is 2.64. The van der Waals surface area contributed by atoms with Crippen LogP contribution in [0.5, 0.6) is 0 Å². The molecule has 110 valence electrons. The minimum absolute atomic E-state index is 0.276. The standard InChI is InChI=1S/C14H13F2N3O2/c15-9-1-2-11(16)10(7-9)14(20)19-5-6-21-8-13(19)12-3-4-17-18-12/h1-4,7,13H,5-6,8H2,(H,17,18). The molecule has 3 rings (SSSR count). The fourth-order valence-electron chi connectivity index (χ4n) is 2.37. The molecule has 2 heterocycles. The van der Waals surface area contributed by atoms with Crippen molar-refractivity contribution < 1.29 is 18.3 Å². The highest BCUT2D eigenvalue weighted by Crippen LogP contribution is 2.25. The van der Waals surface area contributed by atoms with Gasteiger partial charge in [0.25, 0.3) is 5.91 Å². The van der Waals surface area contributed by atoms with Gasteiger partial charge in [-0.25, -0.2) is 8.78 Å². The summed E-state index contributed by atoms with van der Waals surface area (Å²) in [5.41, 5.74) is 0.418. The maximum atomic E-state index is 13.8. The Morgan fingerprint density at radius 2 is 2.24 bits per heavy atom. The topological polar surface area (TPSA) is 58.2 Å². The molecule has 1 aliphatic heterocycles. The minimum Gasteiger partial charge on any atom is -0.377 e. The Hall–Kier alpha value is -2.28. The van der Waals surface area contributed by atoms with E-state index >= 15 is 0 Å². The van der Waals surface area contributed by atoms with Crippen LogP contribution in [0.3, 0.4) is 0 Å². The molecule has 0 saturated carbocycles. The number of hydrogen-bond acceptors (Lipinski definition) is 3. The molecule has 5 nitrogen and oxygen atoms in total. The highest BCUT2D eigenvalue weighted by atomic mass is 19.1. The van der Waals surface area contributed by atoms with Crippen molar-refractivity contribution in [2.75, 3.05) is 19.8 Å². The first-order chi connectivity index (χ1) is 10.2. The largest absolute Gasteiger partial charge is 0.377 e. The highest BCUT2D eigenvalue weighted by Gasteiger charge is 2.31. The second kappa shape index (κ2) is 5.61. The molecular formula is C14H13F2N3O2. The summed E-state index contributed by atoms with van der Waals surface area (Å²) < 4.78 is 32.4. The van der Waals surface area contributed by atoms with Crippen molar-refractivity contribution in [2.45, 2.75) is 6.04 Å². The predicted octanol–water partition coefficient (Wildman–Crippen LogP) is 1.90. The molecule has 1 unspecified atom stereocenters. The van der Waals surface area contributed by atoms with Crippen molar-refractivity contribution >= 4 is 5.91 Å². The van der Waals surface area contributed by atoms with E-state index < -0.39 is 23.6 Å². The van der Waals surface area contributed by atoms with E-state index in [9.17, 15) is 13.6 Å². The van der Waals surface area contributed by atoms with Crippen molar-refractivity contribution in [3.63, 3.8) is 0 Å². The van der Waals surface area contributed by atoms with E-state index in [4.69, 9.17) is 4.74 Å². The normalized spacial score (nSPS) is 18.8. The monoisotopic (exact) mass is 293 g/mol. The Bertz CT molecular complexity index is 646. The van der Waals surface area contributed by atoms with Crippen molar-refractivity contribution in [3.05, 3.63) is 53.4 Å². The SMILES string of the molecule is O=C(c1cc(F)ccc1F)N1CCOCC1c1ccn[nH]1. The fourth-order valence-corrected chi connectivity index (χ4v) is 2.37. The zero-order chi connectivity index (χ0) is 14.8. The van der Waals surface area contributed by atoms with Crippen LogP contribution in [-0.4, -0.2) is 40.8 Å². The number of benzene rings is 1. The Kier molecular flexibility index (Phi) is 3.66. The molecule has 2 aromatic rings. The van der Waals surface area contributed by atoms with Gasteiger partial charge in [-0.15, -0.1) is 0 Å². The number of aromatic amines is 1. The predicted molar refractivity (Wildman–Crippen MR) is 69.5 cm³/mol. The second-order valence-corrected chi connectivity index (χ2v) is 4.73. The lowest BCUT2D eigenvalue weighted by Gasteiger charge is -2.35. The van der Waals surface area contributed by atoms with Gasteiger partial charge >= 0.3 is 0 Å². The Labute approximate surface area is 119 Å². The first kappa shape index (κ1) is 13.7. The summed E-state index contributed by atoms with van der Waals surface area (Å²) in [6.45, 7) is 0.941. The summed E-state index contributed by atoms with van der Waals surface area (Å²) in [5, 5.41) is 6.62. The van der Waals surface area contributed by atoms with Gasteiger partial charge in [0.2, 0.25) is 0 Å². The number of morpholine rings is 1. The molecule has 0 radical (unpaired) electrons. The number of ether oxygens (including phenoxy) is 1. The van der Waals surface area contributed by atoms with Crippen LogP contribution in [0.15, 0.2) is 30.5 Å². The second-order valence-electron chi connectivity index (χ2n) is 4.73. The van der Waals surface area contributed by atoms with Gasteiger partial charge in [-0.05, 0) is 24.3 Å². The average Bonchev–Trinajstić information content (AvgIpc) is 3.03. The van der Waals surface area contributed by atoms with E-state index in [1.807, 2.05) is 0 Å². The maximum Gasteiger partial charge on any atom is 0.257 e. The first-order valence-electron chi connectivity index (χ1n) is 6.50. The first-order valence-corrected chi connectivity index (χ1v) is 6.50. The zero-order valence-electron chi connectivity index (χ0n) is 11.1. The fraction of sp³-hybridized carbons (Fsp3) is 0.286. The lowest BCUT2D eigenvalue weighted by Crippen LogP contribution is -2.43. The van der Waals surface area contributed by atoms with Crippen LogP contribution in [0, 0.1) is 11.6 Å². The number of halogens is 2. The Morgan fingerprint density at radius 3 is 3.00 bits per heavy atom. The molecule has 0 spiro atoms. The van der Waals surface area contributed by atoms with Crippen molar-refractivity contribution in [3.8, 4) is 0 Å². The summed E-state index contributed by atoms with van der Waals surface area (Å²) in [6, 6.07) is 4.18. The van der Waals surface area contributed by atoms with Gasteiger partial charge in [0, 0.05) is 12.7 Å². The van der Waals surface area contributed by atoms with Gasteiger partial charge in [-0.2, -0.15) is 5.10 Å². The smallest absolute Gasteiger partial charge is 0.257 e. The molecule has 1 atom stereocenters. The summed E-state index contributed by atoms with van der Waals surface area (Å²) in [7, 11) is 0. The number of nitrogens with one attached hydrogen (secondary N) is 1. The lowest BCUT2D eigenvalue weighted by atomic mass is 10.1. The van der Waals surface area contributed by atoms with E-state index in [0.717, 1.165) is 18.2 Å². The van der Waals surface area contributed by atoms with Crippen molar-refractivity contribution in [2.24, 2.45) is 0 Å². The summed E-state index contributed by atoms with van der Waals surface area (Å²) in [5.74, 6) is -1.95. The van der Waals surface area contributed by atoms with Crippen molar-refractivity contribution in [1.82, 2.24) is 15.1 Å². The number of carbonyl (C=O) groups is 1. The molecule has 1 aromatic carbocycles. The van der Waals surface area contributed by atoms with Crippen LogP contribution in [-0.2, 0) is 4.74 Å². The van der Waals surface area contributed by atoms with E-state index in [2.05, 4.69) is 10.2 Å². The third-order valence-corrected chi connectivity index (χ3v) is 3.43. The number of carbonyl (C=O) groups excluding carboxylic acids is 1. The number of rotatable bonds is 2. The van der Waals surface area contributed by atoms with Gasteiger partial charge in [0.15, 0.2) is 0 Å². The summed E-state index contributed by atoms with van der Waals surface area (Å²) >= 11 is 0. The van der Waals surface area contributed by atoms with Crippen LogP contribution in [0.4, 0.5) is 8.78 Å². The molecule has 0 aliphatic carbocycles. The number of nitrogens with zero attached hydrogens (tertiary/aromatic N) is 2. The van der Waals surface area contributed by atoms with Gasteiger partial charge in [0.1, 0.15) is 11.6 Å². The molecule has 1 N–H and O–H groups in total. The lowest BCUT2D eigenvalue weighted by molar-refractivity contribution is -0.00416. The van der Waals surface area contributed by atoms with Crippen LogP contribution in [0.2, 0.25) is 0 Å². The van der Waals surface area contributed by atoms with Crippen LogP contribution < -0.4 is 0 Å². The van der Waals surface area contributed by atoms with E-state index in [1.165, 1.54) is 4.90 Å². The summed E-state index contributed by atoms with van der Waals surface area (Å²) in [6.07, 6.45) is 1.56. The van der Waals surface area contributed by atoms with Crippen LogP contribution in [0.25, 0.3) is 0 Å².